The van der Waals surface area contributed by atoms with Gasteiger partial charge < -0.3 is 10.6 Å². The fourth-order valence-electron chi connectivity index (χ4n) is 2.40. The van der Waals surface area contributed by atoms with E-state index in [1.807, 2.05) is 31.2 Å². The number of nitrogens with one attached hydrogen (secondary N) is 2. The Kier molecular flexibility index (Phi) is 3.37. The minimum atomic E-state index is -0.176. The van der Waals surface area contributed by atoms with Gasteiger partial charge in [-0.3, -0.25) is 4.79 Å². The first kappa shape index (κ1) is 12.7. The van der Waals surface area contributed by atoms with E-state index in [-0.39, 0.29) is 5.91 Å². The molecule has 102 valence electrons. The van der Waals surface area contributed by atoms with Gasteiger partial charge in [0.1, 0.15) is 5.69 Å². The van der Waals surface area contributed by atoms with Crippen molar-refractivity contribution in [3.63, 3.8) is 0 Å². The first-order valence-corrected chi connectivity index (χ1v) is 6.84. The van der Waals surface area contributed by atoms with Crippen molar-refractivity contribution in [3.05, 3.63) is 53.3 Å². The van der Waals surface area contributed by atoms with Crippen molar-refractivity contribution in [1.29, 1.82) is 0 Å². The number of carbonyl (C=O) groups excluding carboxylic acids is 1. The van der Waals surface area contributed by atoms with Crippen LogP contribution < -0.4 is 10.6 Å². The molecule has 4 nitrogen and oxygen atoms in total. The summed E-state index contributed by atoms with van der Waals surface area (Å²) < 4.78 is 0. The molecule has 0 saturated carbocycles. The minimum Gasteiger partial charge on any atom is -0.385 e. The van der Waals surface area contributed by atoms with E-state index in [9.17, 15) is 4.79 Å². The lowest BCUT2D eigenvalue weighted by Gasteiger charge is -2.18. The van der Waals surface area contributed by atoms with Gasteiger partial charge in [0.25, 0.3) is 5.91 Å². The van der Waals surface area contributed by atoms with Crippen LogP contribution >= 0.6 is 0 Å². The molecule has 0 fully saturated rings. The number of carbonyl (C=O) groups is 1. The highest BCUT2D eigenvalue weighted by atomic mass is 16.1. The fraction of sp³-hybridized carbons (Fsp3) is 0.250. The predicted octanol–water partition coefficient (Wildman–Crippen LogP) is 3.00. The van der Waals surface area contributed by atoms with Crippen LogP contribution in [0.25, 0.3) is 0 Å². The lowest BCUT2D eigenvalue weighted by atomic mass is 10.0. The number of amides is 1. The standard InChI is InChI=1S/C16H17N3O/c1-11-4-2-6-14(18-11)16(20)19-13-8-7-12-5-3-9-17-15(12)10-13/h2,4,6-8,10,17H,3,5,9H2,1H3,(H,19,20). The average molecular weight is 267 g/mol. The third-order valence-electron chi connectivity index (χ3n) is 3.43. The van der Waals surface area contributed by atoms with Crippen LogP contribution in [0.5, 0.6) is 0 Å². The molecule has 0 spiro atoms. The van der Waals surface area contributed by atoms with Crippen molar-refractivity contribution < 1.29 is 4.79 Å². The number of hydrogen-bond acceptors (Lipinski definition) is 3. The van der Waals surface area contributed by atoms with Gasteiger partial charge in [-0.1, -0.05) is 12.1 Å². The van der Waals surface area contributed by atoms with Gasteiger partial charge in [-0.05, 0) is 49.6 Å². The van der Waals surface area contributed by atoms with Gasteiger partial charge in [0, 0.05) is 23.6 Å². The Hall–Kier alpha value is -2.36. The summed E-state index contributed by atoms with van der Waals surface area (Å²) in [6.07, 6.45) is 2.25. The van der Waals surface area contributed by atoms with E-state index in [1.54, 1.807) is 6.07 Å². The van der Waals surface area contributed by atoms with Gasteiger partial charge in [-0.25, -0.2) is 4.98 Å². The molecule has 0 atom stereocenters. The van der Waals surface area contributed by atoms with Gasteiger partial charge >= 0.3 is 0 Å². The molecule has 1 aliphatic heterocycles. The summed E-state index contributed by atoms with van der Waals surface area (Å²) in [5, 5.41) is 6.25. The summed E-state index contributed by atoms with van der Waals surface area (Å²) in [5.74, 6) is -0.176. The van der Waals surface area contributed by atoms with Gasteiger partial charge in [0.2, 0.25) is 0 Å². The van der Waals surface area contributed by atoms with Crippen LogP contribution in [0.2, 0.25) is 0 Å². The zero-order valence-corrected chi connectivity index (χ0v) is 11.4. The first-order chi connectivity index (χ1) is 9.72. The smallest absolute Gasteiger partial charge is 0.274 e. The molecular weight excluding hydrogens is 250 g/mol. The molecule has 1 aliphatic rings. The second kappa shape index (κ2) is 5.33. The van der Waals surface area contributed by atoms with Crippen LogP contribution in [-0.2, 0) is 6.42 Å². The van der Waals surface area contributed by atoms with Crippen molar-refractivity contribution >= 4 is 17.3 Å². The maximum absolute atomic E-state index is 12.1. The number of benzene rings is 1. The molecule has 2 N–H and O–H groups in total. The third kappa shape index (κ3) is 2.64. The first-order valence-electron chi connectivity index (χ1n) is 6.84. The Bertz CT molecular complexity index is 652. The molecule has 4 heteroatoms. The van der Waals surface area contributed by atoms with Crippen LogP contribution in [0.3, 0.4) is 0 Å². The Morgan fingerprint density at radius 3 is 3.05 bits per heavy atom. The zero-order valence-electron chi connectivity index (χ0n) is 11.4. The topological polar surface area (TPSA) is 54.0 Å². The van der Waals surface area contributed by atoms with Crippen LogP contribution in [0.4, 0.5) is 11.4 Å². The van der Waals surface area contributed by atoms with E-state index in [0.29, 0.717) is 5.69 Å². The van der Waals surface area contributed by atoms with Crippen molar-refractivity contribution in [2.24, 2.45) is 0 Å². The molecule has 2 heterocycles. The van der Waals surface area contributed by atoms with E-state index >= 15 is 0 Å². The highest BCUT2D eigenvalue weighted by molar-refractivity contribution is 6.03. The molecular formula is C16H17N3O. The number of anilines is 2. The summed E-state index contributed by atoms with van der Waals surface area (Å²) in [4.78, 5) is 16.4. The molecule has 1 aromatic heterocycles. The Labute approximate surface area is 118 Å². The molecule has 20 heavy (non-hydrogen) atoms. The van der Waals surface area contributed by atoms with E-state index in [0.717, 1.165) is 36.5 Å². The molecule has 0 saturated heterocycles. The van der Waals surface area contributed by atoms with Gasteiger partial charge in [0.05, 0.1) is 0 Å². The van der Waals surface area contributed by atoms with Gasteiger partial charge in [0.15, 0.2) is 0 Å². The van der Waals surface area contributed by atoms with E-state index in [4.69, 9.17) is 0 Å². The summed E-state index contributed by atoms with van der Waals surface area (Å²) in [6, 6.07) is 11.4. The lowest BCUT2D eigenvalue weighted by molar-refractivity contribution is 0.102. The van der Waals surface area contributed by atoms with Crippen LogP contribution in [0, 0.1) is 6.92 Å². The predicted molar refractivity (Wildman–Crippen MR) is 80.2 cm³/mol. The Balaban J connectivity index is 1.79. The number of hydrogen-bond donors (Lipinski definition) is 2. The molecule has 0 radical (unpaired) electrons. The molecule has 1 amide bonds. The van der Waals surface area contributed by atoms with E-state index in [2.05, 4.69) is 21.7 Å². The summed E-state index contributed by atoms with van der Waals surface area (Å²) in [5.41, 5.74) is 4.50. The maximum atomic E-state index is 12.1. The van der Waals surface area contributed by atoms with Crippen molar-refractivity contribution in [1.82, 2.24) is 4.98 Å². The molecule has 2 aromatic rings. The molecule has 0 unspecified atom stereocenters. The molecule has 3 rings (SSSR count). The second-order valence-corrected chi connectivity index (χ2v) is 5.02. The molecule has 0 bridgehead atoms. The Morgan fingerprint density at radius 2 is 2.20 bits per heavy atom. The third-order valence-corrected chi connectivity index (χ3v) is 3.43. The minimum absolute atomic E-state index is 0.176. The summed E-state index contributed by atoms with van der Waals surface area (Å²) >= 11 is 0. The number of rotatable bonds is 2. The van der Waals surface area contributed by atoms with E-state index in [1.165, 1.54) is 5.56 Å². The van der Waals surface area contributed by atoms with Gasteiger partial charge in [-0.2, -0.15) is 0 Å². The number of aromatic nitrogens is 1. The van der Waals surface area contributed by atoms with Crippen molar-refractivity contribution in [3.8, 4) is 0 Å². The van der Waals surface area contributed by atoms with Crippen molar-refractivity contribution in [2.45, 2.75) is 19.8 Å². The largest absolute Gasteiger partial charge is 0.385 e. The molecule has 0 aliphatic carbocycles. The van der Waals surface area contributed by atoms with Gasteiger partial charge in [-0.15, -0.1) is 0 Å². The zero-order chi connectivity index (χ0) is 13.9. The van der Waals surface area contributed by atoms with Crippen LogP contribution in [-0.4, -0.2) is 17.4 Å². The number of aryl methyl sites for hydroxylation is 2. The fourth-order valence-corrected chi connectivity index (χ4v) is 2.40. The highest BCUT2D eigenvalue weighted by Gasteiger charge is 2.11. The highest BCUT2D eigenvalue weighted by Crippen LogP contribution is 2.25. The normalized spacial score (nSPS) is 13.2. The monoisotopic (exact) mass is 267 g/mol. The Morgan fingerprint density at radius 1 is 1.30 bits per heavy atom. The van der Waals surface area contributed by atoms with E-state index < -0.39 is 0 Å². The average Bonchev–Trinajstić information content (AvgIpc) is 2.47. The lowest BCUT2D eigenvalue weighted by Crippen LogP contribution is -2.15. The quantitative estimate of drug-likeness (QED) is 0.879. The number of pyridine rings is 1. The molecule has 1 aromatic carbocycles. The maximum Gasteiger partial charge on any atom is 0.274 e. The van der Waals surface area contributed by atoms with Crippen LogP contribution in [0.15, 0.2) is 36.4 Å². The number of nitrogens with zero attached hydrogens (tertiary/aromatic N) is 1. The second-order valence-electron chi connectivity index (χ2n) is 5.02. The van der Waals surface area contributed by atoms with Crippen molar-refractivity contribution in [2.75, 3.05) is 17.2 Å². The summed E-state index contributed by atoms with van der Waals surface area (Å²) in [7, 11) is 0. The SMILES string of the molecule is Cc1cccc(C(=O)Nc2ccc3c(c2)NCCC3)n1. The van der Waals surface area contributed by atoms with Crippen LogP contribution in [0.1, 0.15) is 28.2 Å². The summed E-state index contributed by atoms with van der Waals surface area (Å²) in [6.45, 7) is 2.86. The number of fused-ring (bicyclic) bond motifs is 1.